The largest absolute Gasteiger partial charge is 0.384 e. The lowest BCUT2D eigenvalue weighted by Crippen LogP contribution is -2.28. The number of rotatable bonds is 6. The van der Waals surface area contributed by atoms with Gasteiger partial charge in [-0.1, -0.05) is 39.3 Å². The van der Waals surface area contributed by atoms with Crippen molar-refractivity contribution in [3.63, 3.8) is 0 Å². The lowest BCUT2D eigenvalue weighted by Gasteiger charge is -2.18. The molecular formula is C17H28N2O. The fourth-order valence-corrected chi connectivity index (χ4v) is 1.91. The molecule has 0 aromatic heterocycles. The molecule has 0 aliphatic rings. The van der Waals surface area contributed by atoms with Crippen molar-refractivity contribution in [3.05, 3.63) is 29.3 Å². The second-order valence-electron chi connectivity index (χ2n) is 6.54. The first-order chi connectivity index (χ1) is 9.33. The minimum atomic E-state index is 0.0107. The first kappa shape index (κ1) is 16.5. The van der Waals surface area contributed by atoms with Crippen molar-refractivity contribution in [2.75, 3.05) is 18.4 Å². The Morgan fingerprint density at radius 3 is 2.50 bits per heavy atom. The number of amides is 1. The van der Waals surface area contributed by atoms with Gasteiger partial charge in [0.05, 0.1) is 5.56 Å². The van der Waals surface area contributed by atoms with E-state index >= 15 is 0 Å². The van der Waals surface area contributed by atoms with Crippen LogP contribution >= 0.6 is 0 Å². The van der Waals surface area contributed by atoms with E-state index in [-0.39, 0.29) is 11.3 Å². The van der Waals surface area contributed by atoms with Gasteiger partial charge < -0.3 is 10.6 Å². The van der Waals surface area contributed by atoms with Crippen LogP contribution in [0.2, 0.25) is 0 Å². The van der Waals surface area contributed by atoms with Gasteiger partial charge in [0.1, 0.15) is 0 Å². The fourth-order valence-electron chi connectivity index (χ4n) is 1.91. The molecule has 0 fully saturated rings. The van der Waals surface area contributed by atoms with E-state index in [4.69, 9.17) is 0 Å². The molecule has 0 unspecified atom stereocenters. The van der Waals surface area contributed by atoms with Crippen LogP contribution in [-0.2, 0) is 0 Å². The smallest absolute Gasteiger partial charge is 0.253 e. The molecule has 0 saturated heterocycles. The summed E-state index contributed by atoms with van der Waals surface area (Å²) < 4.78 is 0. The number of carbonyl (C=O) groups is 1. The molecule has 3 nitrogen and oxygen atoms in total. The Labute approximate surface area is 123 Å². The summed E-state index contributed by atoms with van der Waals surface area (Å²) in [6.45, 7) is 12.3. The third-order valence-electron chi connectivity index (χ3n) is 3.15. The van der Waals surface area contributed by atoms with Gasteiger partial charge in [0.2, 0.25) is 0 Å². The summed E-state index contributed by atoms with van der Waals surface area (Å²) in [5.41, 5.74) is 3.01. The van der Waals surface area contributed by atoms with Crippen LogP contribution in [-0.4, -0.2) is 19.0 Å². The predicted molar refractivity (Wildman–Crippen MR) is 86.4 cm³/mol. The number of anilines is 1. The van der Waals surface area contributed by atoms with E-state index in [2.05, 4.69) is 38.3 Å². The van der Waals surface area contributed by atoms with Crippen molar-refractivity contribution in [1.82, 2.24) is 5.32 Å². The van der Waals surface area contributed by atoms with Gasteiger partial charge >= 0.3 is 0 Å². The van der Waals surface area contributed by atoms with E-state index in [0.717, 1.165) is 36.2 Å². The molecule has 0 radical (unpaired) electrons. The van der Waals surface area contributed by atoms with Crippen LogP contribution < -0.4 is 10.6 Å². The average Bonchev–Trinajstić information content (AvgIpc) is 2.35. The van der Waals surface area contributed by atoms with Gasteiger partial charge in [-0.25, -0.2) is 0 Å². The minimum absolute atomic E-state index is 0.0107. The number of benzene rings is 1. The zero-order valence-corrected chi connectivity index (χ0v) is 13.5. The maximum absolute atomic E-state index is 12.3. The molecule has 0 heterocycles. The van der Waals surface area contributed by atoms with Gasteiger partial charge in [-0.2, -0.15) is 0 Å². The van der Waals surface area contributed by atoms with Crippen LogP contribution in [0.4, 0.5) is 5.69 Å². The second kappa shape index (κ2) is 7.32. The van der Waals surface area contributed by atoms with E-state index in [1.165, 1.54) is 0 Å². The van der Waals surface area contributed by atoms with E-state index in [9.17, 15) is 4.79 Å². The Bertz CT molecular complexity index is 447. The molecule has 3 heteroatoms. The molecule has 1 rings (SSSR count). The van der Waals surface area contributed by atoms with Crippen LogP contribution in [0.15, 0.2) is 18.2 Å². The summed E-state index contributed by atoms with van der Waals surface area (Å²) in [6.07, 6.45) is 2.02. The van der Waals surface area contributed by atoms with E-state index in [0.29, 0.717) is 6.54 Å². The summed E-state index contributed by atoms with van der Waals surface area (Å²) in [6, 6.07) is 5.97. The quantitative estimate of drug-likeness (QED) is 0.825. The maximum Gasteiger partial charge on any atom is 0.253 e. The lowest BCUT2D eigenvalue weighted by molar-refractivity contribution is 0.0950. The van der Waals surface area contributed by atoms with Gasteiger partial charge in [-0.3, -0.25) is 4.79 Å². The molecule has 1 aromatic carbocycles. The molecule has 0 saturated carbocycles. The Hall–Kier alpha value is -1.51. The van der Waals surface area contributed by atoms with Crippen molar-refractivity contribution in [3.8, 4) is 0 Å². The highest BCUT2D eigenvalue weighted by molar-refractivity contribution is 5.99. The highest BCUT2D eigenvalue weighted by Crippen LogP contribution is 2.19. The highest BCUT2D eigenvalue weighted by Gasteiger charge is 2.14. The number of hydrogen-bond acceptors (Lipinski definition) is 2. The first-order valence-electron chi connectivity index (χ1n) is 7.46. The van der Waals surface area contributed by atoms with Crippen LogP contribution in [0.5, 0.6) is 0 Å². The summed E-state index contributed by atoms with van der Waals surface area (Å²) >= 11 is 0. The zero-order chi connectivity index (χ0) is 15.2. The van der Waals surface area contributed by atoms with Gasteiger partial charge in [0.15, 0.2) is 0 Å². The Morgan fingerprint density at radius 2 is 1.90 bits per heavy atom. The van der Waals surface area contributed by atoms with Gasteiger partial charge in [0.25, 0.3) is 5.91 Å². The first-order valence-corrected chi connectivity index (χ1v) is 7.46. The SMILES string of the molecule is CCCNc1ccc(C)cc1C(=O)NCCC(C)(C)C. The molecule has 0 atom stereocenters. The standard InChI is InChI=1S/C17H28N2O/c1-6-10-18-15-8-7-13(2)12-14(15)16(20)19-11-9-17(3,4)5/h7-8,12,18H,6,9-11H2,1-5H3,(H,19,20). The minimum Gasteiger partial charge on any atom is -0.384 e. The monoisotopic (exact) mass is 276 g/mol. The third kappa shape index (κ3) is 5.64. The predicted octanol–water partition coefficient (Wildman–Crippen LogP) is 3.98. The van der Waals surface area contributed by atoms with Crippen molar-refractivity contribution in [2.45, 2.75) is 47.5 Å². The highest BCUT2D eigenvalue weighted by atomic mass is 16.1. The number of hydrogen-bond donors (Lipinski definition) is 2. The van der Waals surface area contributed by atoms with E-state index in [1.54, 1.807) is 0 Å². The van der Waals surface area contributed by atoms with Gasteiger partial charge in [0, 0.05) is 18.8 Å². The molecule has 1 amide bonds. The Kier molecular flexibility index (Phi) is 6.05. The topological polar surface area (TPSA) is 41.1 Å². The number of aryl methyl sites for hydroxylation is 1. The number of nitrogens with one attached hydrogen (secondary N) is 2. The normalized spacial score (nSPS) is 11.2. The lowest BCUT2D eigenvalue weighted by atomic mass is 9.92. The van der Waals surface area contributed by atoms with Crippen molar-refractivity contribution in [2.24, 2.45) is 5.41 Å². The average molecular weight is 276 g/mol. The Balaban J connectivity index is 2.72. The molecule has 0 aliphatic carbocycles. The number of carbonyl (C=O) groups excluding carboxylic acids is 1. The summed E-state index contributed by atoms with van der Waals surface area (Å²) in [4.78, 5) is 12.3. The summed E-state index contributed by atoms with van der Waals surface area (Å²) in [7, 11) is 0. The molecule has 1 aromatic rings. The van der Waals surface area contributed by atoms with Crippen LogP contribution in [0.1, 0.15) is 56.5 Å². The molecule has 0 spiro atoms. The molecule has 2 N–H and O–H groups in total. The zero-order valence-electron chi connectivity index (χ0n) is 13.5. The molecular weight excluding hydrogens is 248 g/mol. The van der Waals surface area contributed by atoms with Crippen molar-refractivity contribution in [1.29, 1.82) is 0 Å². The second-order valence-corrected chi connectivity index (χ2v) is 6.54. The van der Waals surface area contributed by atoms with E-state index < -0.39 is 0 Å². The molecule has 112 valence electrons. The van der Waals surface area contributed by atoms with Crippen LogP contribution in [0.25, 0.3) is 0 Å². The van der Waals surface area contributed by atoms with Crippen LogP contribution in [0.3, 0.4) is 0 Å². The summed E-state index contributed by atoms with van der Waals surface area (Å²) in [5.74, 6) is 0.0107. The van der Waals surface area contributed by atoms with Crippen molar-refractivity contribution >= 4 is 11.6 Å². The Morgan fingerprint density at radius 1 is 1.20 bits per heavy atom. The van der Waals surface area contributed by atoms with Gasteiger partial charge in [-0.05, 0) is 37.3 Å². The molecule has 20 heavy (non-hydrogen) atoms. The van der Waals surface area contributed by atoms with E-state index in [1.807, 2.05) is 25.1 Å². The molecule has 0 bridgehead atoms. The molecule has 0 aliphatic heterocycles. The third-order valence-corrected chi connectivity index (χ3v) is 3.15. The maximum atomic E-state index is 12.3. The summed E-state index contributed by atoms with van der Waals surface area (Å²) in [5, 5.41) is 6.34. The van der Waals surface area contributed by atoms with Crippen molar-refractivity contribution < 1.29 is 4.79 Å². The van der Waals surface area contributed by atoms with Crippen LogP contribution in [0, 0.1) is 12.3 Å². The fraction of sp³-hybridized carbons (Fsp3) is 0.588. The van der Waals surface area contributed by atoms with Gasteiger partial charge in [-0.15, -0.1) is 0 Å².